The zero-order valence-corrected chi connectivity index (χ0v) is 17.6. The molecule has 0 aliphatic carbocycles. The van der Waals surface area contributed by atoms with Crippen LogP contribution in [-0.4, -0.2) is 47.5 Å². The fourth-order valence-electron chi connectivity index (χ4n) is 2.80. The maximum Gasteiger partial charge on any atom is 0.289 e. The fourth-order valence-corrected chi connectivity index (χ4v) is 2.80. The molecular formula is C22H22FN5O3. The van der Waals surface area contributed by atoms with Crippen molar-refractivity contribution in [3.8, 4) is 17.0 Å². The summed E-state index contributed by atoms with van der Waals surface area (Å²) in [7, 11) is 3.01. The van der Waals surface area contributed by atoms with Gasteiger partial charge in [-0.3, -0.25) is 14.5 Å². The number of ether oxygens (including phenoxy) is 1. The molecule has 31 heavy (non-hydrogen) atoms. The van der Waals surface area contributed by atoms with Crippen LogP contribution >= 0.6 is 0 Å². The second kappa shape index (κ2) is 9.29. The molecule has 3 aromatic rings. The monoisotopic (exact) mass is 423 g/mol. The zero-order chi connectivity index (χ0) is 22.5. The van der Waals surface area contributed by atoms with E-state index in [0.29, 0.717) is 17.1 Å². The number of benzene rings is 1. The van der Waals surface area contributed by atoms with Crippen LogP contribution in [0.1, 0.15) is 21.7 Å². The Morgan fingerprint density at radius 1 is 1.10 bits per heavy atom. The summed E-state index contributed by atoms with van der Waals surface area (Å²) in [6, 6.07) is 8.81. The molecule has 0 bridgehead atoms. The lowest BCUT2D eigenvalue weighted by atomic mass is 10.1. The average molecular weight is 423 g/mol. The number of anilines is 1. The summed E-state index contributed by atoms with van der Waals surface area (Å²) in [5.41, 5.74) is 2.43. The highest BCUT2D eigenvalue weighted by Gasteiger charge is 2.20. The topological polar surface area (TPSA) is 97.3 Å². The number of halogens is 1. The summed E-state index contributed by atoms with van der Waals surface area (Å²) in [5, 5.41) is 2.46. The summed E-state index contributed by atoms with van der Waals surface area (Å²) >= 11 is 0. The quantitative estimate of drug-likeness (QED) is 0.655. The molecule has 1 N–H and O–H groups in total. The van der Waals surface area contributed by atoms with Gasteiger partial charge in [-0.2, -0.15) is 0 Å². The molecule has 0 radical (unpaired) electrons. The zero-order valence-electron chi connectivity index (χ0n) is 17.6. The number of rotatable bonds is 6. The molecule has 0 fully saturated rings. The molecule has 0 saturated heterocycles. The van der Waals surface area contributed by atoms with Gasteiger partial charge in [-0.15, -0.1) is 0 Å². The first kappa shape index (κ1) is 21.8. The molecule has 0 saturated carbocycles. The minimum Gasteiger partial charge on any atom is -0.493 e. The predicted molar refractivity (Wildman–Crippen MR) is 113 cm³/mol. The van der Waals surface area contributed by atoms with Crippen LogP contribution in [0.3, 0.4) is 0 Å². The average Bonchev–Trinajstić information content (AvgIpc) is 2.77. The largest absolute Gasteiger partial charge is 0.493 e. The summed E-state index contributed by atoms with van der Waals surface area (Å²) in [4.78, 5) is 38.3. The number of pyridine rings is 1. The van der Waals surface area contributed by atoms with Crippen LogP contribution in [0, 0.1) is 19.7 Å². The van der Waals surface area contributed by atoms with Gasteiger partial charge in [0.05, 0.1) is 19.9 Å². The van der Waals surface area contributed by atoms with Gasteiger partial charge in [0, 0.05) is 18.8 Å². The van der Waals surface area contributed by atoms with Crippen molar-refractivity contribution < 1.29 is 18.7 Å². The van der Waals surface area contributed by atoms with E-state index in [1.807, 2.05) is 26.0 Å². The van der Waals surface area contributed by atoms with Crippen LogP contribution in [0.4, 0.5) is 10.2 Å². The highest BCUT2D eigenvalue weighted by molar-refractivity contribution is 5.99. The van der Waals surface area contributed by atoms with E-state index in [1.165, 1.54) is 19.1 Å². The summed E-state index contributed by atoms with van der Waals surface area (Å²) < 4.78 is 19.5. The maximum absolute atomic E-state index is 14.2. The molecular weight excluding hydrogens is 401 g/mol. The van der Waals surface area contributed by atoms with Crippen molar-refractivity contribution in [2.45, 2.75) is 13.8 Å². The van der Waals surface area contributed by atoms with Crippen molar-refractivity contribution in [3.63, 3.8) is 0 Å². The number of hydrogen-bond acceptors (Lipinski definition) is 6. The van der Waals surface area contributed by atoms with Crippen LogP contribution in [0.15, 0.2) is 42.7 Å². The Morgan fingerprint density at radius 2 is 1.81 bits per heavy atom. The van der Waals surface area contributed by atoms with Crippen molar-refractivity contribution in [3.05, 3.63) is 65.5 Å². The van der Waals surface area contributed by atoms with E-state index < -0.39 is 17.6 Å². The van der Waals surface area contributed by atoms with Gasteiger partial charge in [0.1, 0.15) is 5.69 Å². The highest BCUT2D eigenvalue weighted by atomic mass is 19.1. The fraction of sp³-hybridized carbons (Fsp3) is 0.227. The molecule has 2 aromatic heterocycles. The number of aryl methyl sites for hydroxylation is 2. The van der Waals surface area contributed by atoms with Gasteiger partial charge in [0.2, 0.25) is 11.7 Å². The summed E-state index contributed by atoms with van der Waals surface area (Å²) in [5.74, 6) is -1.24. The maximum atomic E-state index is 14.2. The number of methoxy groups -OCH3 is 1. The number of nitrogens with one attached hydrogen (secondary N) is 1. The van der Waals surface area contributed by atoms with E-state index in [4.69, 9.17) is 4.74 Å². The lowest BCUT2D eigenvalue weighted by Crippen LogP contribution is -2.39. The molecule has 0 spiro atoms. The summed E-state index contributed by atoms with van der Waals surface area (Å²) in [6.45, 7) is 3.44. The Hall–Kier alpha value is -3.88. The van der Waals surface area contributed by atoms with Crippen LogP contribution in [0.5, 0.6) is 5.75 Å². The van der Waals surface area contributed by atoms with E-state index in [2.05, 4.69) is 20.3 Å². The molecule has 9 heteroatoms. The lowest BCUT2D eigenvalue weighted by molar-refractivity contribution is -0.117. The van der Waals surface area contributed by atoms with Crippen molar-refractivity contribution in [2.24, 2.45) is 0 Å². The van der Waals surface area contributed by atoms with Crippen LogP contribution in [0.25, 0.3) is 11.3 Å². The minimum absolute atomic E-state index is 0.0113. The Labute approximate surface area is 179 Å². The number of hydrogen-bond donors (Lipinski definition) is 1. The van der Waals surface area contributed by atoms with E-state index in [0.717, 1.165) is 17.3 Å². The SMILES string of the molecule is COc1cc(C)cnc1N(C)C(=O)CNC(=O)c1ncc(F)c(-c2ccc(C)cc2)n1. The molecule has 0 atom stereocenters. The predicted octanol–water partition coefficient (Wildman–Crippen LogP) is 2.70. The van der Waals surface area contributed by atoms with Gasteiger partial charge in [0.25, 0.3) is 5.91 Å². The molecule has 0 unspecified atom stereocenters. The third-order valence-electron chi connectivity index (χ3n) is 4.55. The Balaban J connectivity index is 1.71. The van der Waals surface area contributed by atoms with Gasteiger partial charge in [-0.1, -0.05) is 29.8 Å². The van der Waals surface area contributed by atoms with Gasteiger partial charge < -0.3 is 10.1 Å². The van der Waals surface area contributed by atoms with Crippen LogP contribution < -0.4 is 15.0 Å². The van der Waals surface area contributed by atoms with Crippen molar-refractivity contribution >= 4 is 17.6 Å². The number of carbonyl (C=O) groups is 2. The number of aromatic nitrogens is 3. The first-order valence-corrected chi connectivity index (χ1v) is 9.45. The van der Waals surface area contributed by atoms with Crippen molar-refractivity contribution in [2.75, 3.05) is 25.6 Å². The third kappa shape index (κ3) is 5.00. The molecule has 3 rings (SSSR count). The number of carbonyl (C=O) groups excluding carboxylic acids is 2. The van der Waals surface area contributed by atoms with Crippen LogP contribution in [0.2, 0.25) is 0 Å². The van der Waals surface area contributed by atoms with Crippen LogP contribution in [-0.2, 0) is 4.79 Å². The normalized spacial score (nSPS) is 10.5. The highest BCUT2D eigenvalue weighted by Crippen LogP contribution is 2.25. The number of amides is 2. The first-order valence-electron chi connectivity index (χ1n) is 9.45. The molecule has 160 valence electrons. The number of nitrogens with zero attached hydrogens (tertiary/aromatic N) is 4. The summed E-state index contributed by atoms with van der Waals surface area (Å²) in [6.07, 6.45) is 2.55. The molecule has 2 amide bonds. The van der Waals surface area contributed by atoms with Gasteiger partial charge >= 0.3 is 0 Å². The van der Waals surface area contributed by atoms with E-state index >= 15 is 0 Å². The Kier molecular flexibility index (Phi) is 6.54. The molecule has 2 heterocycles. The lowest BCUT2D eigenvalue weighted by Gasteiger charge is -2.19. The molecule has 1 aromatic carbocycles. The van der Waals surface area contributed by atoms with Gasteiger partial charge in [-0.25, -0.2) is 19.3 Å². The van der Waals surface area contributed by atoms with E-state index in [9.17, 15) is 14.0 Å². The smallest absolute Gasteiger partial charge is 0.289 e. The number of likely N-dealkylation sites (N-methyl/N-ethyl adjacent to an activating group) is 1. The third-order valence-corrected chi connectivity index (χ3v) is 4.55. The first-order chi connectivity index (χ1) is 14.8. The van der Waals surface area contributed by atoms with E-state index in [-0.39, 0.29) is 18.1 Å². The van der Waals surface area contributed by atoms with Gasteiger partial charge in [-0.05, 0) is 25.5 Å². The van der Waals surface area contributed by atoms with Crippen molar-refractivity contribution in [1.82, 2.24) is 20.3 Å². The minimum atomic E-state index is -0.695. The Morgan fingerprint density at radius 3 is 2.48 bits per heavy atom. The second-order valence-corrected chi connectivity index (χ2v) is 6.93. The standard InChI is InChI=1S/C22H22FN5O3/c1-13-5-7-15(8-6-13)19-16(23)11-24-20(27-19)22(30)26-12-18(29)28(3)21-17(31-4)9-14(2)10-25-21/h5-11H,12H2,1-4H3,(H,26,30). The molecule has 0 aliphatic heterocycles. The molecule has 8 nitrogen and oxygen atoms in total. The Bertz CT molecular complexity index is 1120. The van der Waals surface area contributed by atoms with Gasteiger partial charge in [0.15, 0.2) is 17.4 Å². The van der Waals surface area contributed by atoms with E-state index in [1.54, 1.807) is 24.4 Å². The molecule has 0 aliphatic rings. The second-order valence-electron chi connectivity index (χ2n) is 6.93. The van der Waals surface area contributed by atoms with Crippen molar-refractivity contribution in [1.29, 1.82) is 0 Å².